The van der Waals surface area contributed by atoms with Gasteiger partial charge in [-0.15, -0.1) is 0 Å². The van der Waals surface area contributed by atoms with Crippen molar-refractivity contribution in [2.45, 2.75) is 24.8 Å². The number of sulfonamides is 1. The second-order valence-corrected chi connectivity index (χ2v) is 6.51. The second kappa shape index (κ2) is 4.90. The van der Waals surface area contributed by atoms with E-state index in [1.807, 2.05) is 6.92 Å². The first kappa shape index (κ1) is 14.0. The van der Waals surface area contributed by atoms with Gasteiger partial charge in [-0.25, -0.2) is 22.1 Å². The fourth-order valence-electron chi connectivity index (χ4n) is 1.88. The normalized spacial score (nSPS) is 12.5. The maximum absolute atomic E-state index is 14.0. The van der Waals surface area contributed by atoms with Crippen LogP contribution in [-0.4, -0.2) is 36.2 Å². The molecule has 0 spiro atoms. The molecule has 0 aromatic carbocycles. The zero-order valence-corrected chi connectivity index (χ0v) is 11.9. The van der Waals surface area contributed by atoms with E-state index in [0.29, 0.717) is 12.2 Å². The van der Waals surface area contributed by atoms with Crippen LogP contribution in [0.5, 0.6) is 0 Å². The van der Waals surface area contributed by atoms with Gasteiger partial charge in [0.2, 0.25) is 0 Å². The Hall–Kier alpha value is -1.47. The van der Waals surface area contributed by atoms with E-state index in [9.17, 15) is 12.8 Å². The highest BCUT2D eigenvalue weighted by Gasteiger charge is 2.27. The molecule has 7 heteroatoms. The first-order valence-electron chi connectivity index (χ1n) is 5.97. The van der Waals surface area contributed by atoms with Crippen molar-refractivity contribution in [1.29, 1.82) is 0 Å². The van der Waals surface area contributed by atoms with Crippen molar-refractivity contribution in [3.05, 3.63) is 30.0 Å². The Morgan fingerprint density at radius 2 is 2.11 bits per heavy atom. The van der Waals surface area contributed by atoms with Crippen LogP contribution in [0.2, 0.25) is 0 Å². The predicted octanol–water partition coefficient (Wildman–Crippen LogP) is 1.68. The molecule has 0 aliphatic heterocycles. The average molecular weight is 285 g/mol. The first-order valence-corrected chi connectivity index (χ1v) is 7.41. The lowest BCUT2D eigenvalue weighted by Crippen LogP contribution is -2.23. The molecule has 0 aliphatic rings. The highest BCUT2D eigenvalue weighted by atomic mass is 32.2. The molecule has 0 aliphatic carbocycles. The van der Waals surface area contributed by atoms with E-state index < -0.39 is 15.8 Å². The number of fused-ring (bicyclic) bond motifs is 1. The monoisotopic (exact) mass is 285 g/mol. The van der Waals surface area contributed by atoms with Gasteiger partial charge < -0.3 is 0 Å². The maximum atomic E-state index is 14.0. The summed E-state index contributed by atoms with van der Waals surface area (Å²) in [6.45, 7) is 1.96. The van der Waals surface area contributed by atoms with Gasteiger partial charge in [0.1, 0.15) is 17.2 Å². The summed E-state index contributed by atoms with van der Waals surface area (Å²) in [6.07, 6.45) is 3.02. The number of halogens is 1. The van der Waals surface area contributed by atoms with Gasteiger partial charge in [-0.3, -0.25) is 4.40 Å². The molecule has 2 aromatic heterocycles. The molecule has 0 fully saturated rings. The summed E-state index contributed by atoms with van der Waals surface area (Å²) in [5.41, 5.74) is 0.0136. The Morgan fingerprint density at radius 1 is 1.42 bits per heavy atom. The largest absolute Gasteiger partial charge is 0.300 e. The molecule has 0 atom stereocenters. The molecule has 2 aromatic rings. The van der Waals surface area contributed by atoms with Gasteiger partial charge in [0.15, 0.2) is 5.03 Å². The van der Waals surface area contributed by atoms with Crippen LogP contribution in [0.1, 0.15) is 19.2 Å². The molecule has 0 radical (unpaired) electrons. The predicted molar refractivity (Wildman–Crippen MR) is 70.0 cm³/mol. The molecular formula is C12H16FN3O2S. The van der Waals surface area contributed by atoms with Crippen molar-refractivity contribution < 1.29 is 12.8 Å². The van der Waals surface area contributed by atoms with E-state index in [-0.39, 0.29) is 10.5 Å². The molecule has 0 saturated heterocycles. The lowest BCUT2D eigenvalue weighted by atomic mass is 10.3. The third-order valence-corrected chi connectivity index (χ3v) is 4.59. The molecule has 0 amide bonds. The van der Waals surface area contributed by atoms with E-state index in [2.05, 4.69) is 4.98 Å². The third kappa shape index (κ3) is 2.23. The minimum absolute atomic E-state index is 0.0136. The summed E-state index contributed by atoms with van der Waals surface area (Å²) in [6, 6.07) is 2.77. The number of aromatic nitrogens is 2. The van der Waals surface area contributed by atoms with Crippen LogP contribution >= 0.6 is 0 Å². The van der Waals surface area contributed by atoms with Gasteiger partial charge in [0.25, 0.3) is 10.0 Å². The molecule has 0 bridgehead atoms. The van der Waals surface area contributed by atoms with E-state index in [0.717, 1.165) is 10.7 Å². The first-order chi connectivity index (χ1) is 8.89. The Bertz CT molecular complexity index is 707. The molecular weight excluding hydrogens is 269 g/mol. The van der Waals surface area contributed by atoms with Crippen molar-refractivity contribution in [3.8, 4) is 0 Å². The van der Waals surface area contributed by atoms with Gasteiger partial charge in [-0.1, -0.05) is 6.92 Å². The maximum Gasteiger partial charge on any atom is 0.262 e. The Balaban J connectivity index is 2.82. The number of imidazole rings is 1. The van der Waals surface area contributed by atoms with Crippen LogP contribution in [0, 0.1) is 5.82 Å². The Morgan fingerprint density at radius 3 is 2.68 bits per heavy atom. The fraction of sp³-hybridized carbons (Fsp3) is 0.417. The zero-order valence-electron chi connectivity index (χ0n) is 11.1. The molecule has 104 valence electrons. The summed E-state index contributed by atoms with van der Waals surface area (Å²) in [5, 5.41) is -0.223. The van der Waals surface area contributed by atoms with Crippen LogP contribution in [0.4, 0.5) is 4.39 Å². The van der Waals surface area contributed by atoms with E-state index in [4.69, 9.17) is 0 Å². The average Bonchev–Trinajstić information content (AvgIpc) is 2.71. The minimum Gasteiger partial charge on any atom is -0.300 e. The van der Waals surface area contributed by atoms with E-state index in [1.54, 1.807) is 6.20 Å². The number of pyridine rings is 1. The summed E-state index contributed by atoms with van der Waals surface area (Å²) in [7, 11) is -0.955. The number of hydrogen-bond acceptors (Lipinski definition) is 3. The van der Waals surface area contributed by atoms with E-state index >= 15 is 0 Å². The molecule has 19 heavy (non-hydrogen) atoms. The lowest BCUT2D eigenvalue weighted by molar-refractivity contribution is 0.517. The van der Waals surface area contributed by atoms with Crippen molar-refractivity contribution in [1.82, 2.24) is 13.7 Å². The summed E-state index contributed by atoms with van der Waals surface area (Å²) < 4.78 is 40.9. The molecule has 0 saturated carbocycles. The van der Waals surface area contributed by atoms with Crippen LogP contribution in [0.15, 0.2) is 23.4 Å². The van der Waals surface area contributed by atoms with Crippen LogP contribution in [0.25, 0.3) is 5.52 Å². The highest BCUT2D eigenvalue weighted by molar-refractivity contribution is 7.89. The molecule has 2 heterocycles. The van der Waals surface area contributed by atoms with Crippen molar-refractivity contribution in [2.75, 3.05) is 14.1 Å². The zero-order chi connectivity index (χ0) is 14.2. The van der Waals surface area contributed by atoms with Gasteiger partial charge in [0.05, 0.1) is 0 Å². The van der Waals surface area contributed by atoms with Crippen LogP contribution in [0.3, 0.4) is 0 Å². The van der Waals surface area contributed by atoms with Crippen molar-refractivity contribution in [3.63, 3.8) is 0 Å². The topological polar surface area (TPSA) is 54.7 Å². The quantitative estimate of drug-likeness (QED) is 0.858. The number of nitrogens with zero attached hydrogens (tertiary/aromatic N) is 3. The smallest absolute Gasteiger partial charge is 0.262 e. The van der Waals surface area contributed by atoms with Gasteiger partial charge >= 0.3 is 0 Å². The SMILES string of the molecule is CCCc1nc(S(=O)(=O)N(C)C)c2c(F)cccn12. The van der Waals surface area contributed by atoms with Crippen LogP contribution in [-0.2, 0) is 16.4 Å². The van der Waals surface area contributed by atoms with Crippen LogP contribution < -0.4 is 0 Å². The van der Waals surface area contributed by atoms with E-state index in [1.165, 1.54) is 30.6 Å². The second-order valence-electron chi connectivity index (χ2n) is 4.45. The summed E-state index contributed by atoms with van der Waals surface area (Å²) in [5.74, 6) is -0.0322. The summed E-state index contributed by atoms with van der Waals surface area (Å²) >= 11 is 0. The summed E-state index contributed by atoms with van der Waals surface area (Å²) in [4.78, 5) is 4.13. The molecule has 2 rings (SSSR count). The van der Waals surface area contributed by atoms with Gasteiger partial charge in [0, 0.05) is 26.7 Å². The number of aryl methyl sites for hydroxylation is 1. The molecule has 5 nitrogen and oxygen atoms in total. The van der Waals surface area contributed by atoms with Gasteiger partial charge in [-0.05, 0) is 18.6 Å². The van der Waals surface area contributed by atoms with Crippen molar-refractivity contribution >= 4 is 15.5 Å². The van der Waals surface area contributed by atoms with Gasteiger partial charge in [-0.2, -0.15) is 0 Å². The lowest BCUT2D eigenvalue weighted by Gasteiger charge is -2.09. The number of rotatable bonds is 4. The minimum atomic E-state index is -3.76. The van der Waals surface area contributed by atoms with Crippen molar-refractivity contribution in [2.24, 2.45) is 0 Å². The highest BCUT2D eigenvalue weighted by Crippen LogP contribution is 2.23. The fourth-order valence-corrected chi connectivity index (χ4v) is 2.89. The molecule has 0 N–H and O–H groups in total. The molecule has 0 unspecified atom stereocenters. The third-order valence-electron chi connectivity index (χ3n) is 2.85. The number of hydrogen-bond donors (Lipinski definition) is 0. The Labute approximate surface area is 111 Å². The standard InChI is InChI=1S/C12H16FN3O2S/c1-4-6-10-14-12(19(17,18)15(2)3)11-9(13)7-5-8-16(10)11/h5,7-8H,4,6H2,1-3H3. The Kier molecular flexibility index (Phi) is 3.60.